The average Bonchev–Trinajstić information content (AvgIpc) is 2.70. The fourth-order valence-electron chi connectivity index (χ4n) is 3.07. The Labute approximate surface area is 172 Å². The van der Waals surface area contributed by atoms with Crippen LogP contribution in [0.2, 0.25) is 5.02 Å². The van der Waals surface area contributed by atoms with Gasteiger partial charge in [0.1, 0.15) is 6.54 Å². The number of amides is 3. The number of carbonyl (C=O) groups excluding carboxylic acids is 4. The monoisotopic (exact) mass is 414 g/mol. The van der Waals surface area contributed by atoms with Crippen LogP contribution in [0.3, 0.4) is 0 Å². The van der Waals surface area contributed by atoms with Gasteiger partial charge in [0.25, 0.3) is 11.8 Å². The number of carbonyl (C=O) groups is 4. The van der Waals surface area contributed by atoms with Gasteiger partial charge in [0.15, 0.2) is 6.61 Å². The van der Waals surface area contributed by atoms with Crippen molar-refractivity contribution in [1.82, 2.24) is 10.2 Å². The van der Waals surface area contributed by atoms with E-state index in [0.29, 0.717) is 16.1 Å². The van der Waals surface area contributed by atoms with Crippen LogP contribution in [-0.2, 0) is 25.5 Å². The summed E-state index contributed by atoms with van der Waals surface area (Å²) in [6.07, 6.45) is 0.0328. The summed E-state index contributed by atoms with van der Waals surface area (Å²) < 4.78 is 4.93. The van der Waals surface area contributed by atoms with E-state index in [1.54, 1.807) is 55.5 Å². The highest BCUT2D eigenvalue weighted by molar-refractivity contribution is 6.31. The highest BCUT2D eigenvalue weighted by atomic mass is 35.5. The van der Waals surface area contributed by atoms with Gasteiger partial charge >= 0.3 is 5.97 Å². The molecule has 0 radical (unpaired) electrons. The summed E-state index contributed by atoms with van der Waals surface area (Å²) in [6, 6.07) is 13.4. The summed E-state index contributed by atoms with van der Waals surface area (Å²) in [5, 5.41) is 3.19. The van der Waals surface area contributed by atoms with Gasteiger partial charge in [-0.05, 0) is 30.2 Å². The first-order chi connectivity index (χ1) is 13.9. The zero-order valence-corrected chi connectivity index (χ0v) is 16.4. The molecule has 1 N–H and O–H groups in total. The topological polar surface area (TPSA) is 92.8 Å². The molecule has 0 bridgehead atoms. The van der Waals surface area contributed by atoms with Crippen molar-refractivity contribution >= 4 is 35.3 Å². The molecule has 0 saturated carbocycles. The van der Waals surface area contributed by atoms with Crippen LogP contribution in [-0.4, -0.2) is 41.7 Å². The van der Waals surface area contributed by atoms with E-state index < -0.39 is 36.8 Å². The van der Waals surface area contributed by atoms with Crippen LogP contribution >= 0.6 is 11.6 Å². The number of esters is 1. The van der Waals surface area contributed by atoms with E-state index in [9.17, 15) is 19.2 Å². The Kier molecular flexibility index (Phi) is 6.29. The van der Waals surface area contributed by atoms with Crippen molar-refractivity contribution in [3.63, 3.8) is 0 Å². The molecule has 1 aliphatic heterocycles. The summed E-state index contributed by atoms with van der Waals surface area (Å²) in [7, 11) is 0. The lowest BCUT2D eigenvalue weighted by molar-refractivity contribution is -0.151. The second-order valence-electron chi connectivity index (χ2n) is 6.59. The van der Waals surface area contributed by atoms with Crippen LogP contribution in [0.4, 0.5) is 0 Å². The predicted molar refractivity (Wildman–Crippen MR) is 105 cm³/mol. The lowest BCUT2D eigenvalue weighted by atomic mass is 9.98. The summed E-state index contributed by atoms with van der Waals surface area (Å²) >= 11 is 6.10. The molecule has 8 heteroatoms. The molecular formula is C21H19ClN2O5. The predicted octanol–water partition coefficient (Wildman–Crippen LogP) is 2.29. The van der Waals surface area contributed by atoms with Gasteiger partial charge in [-0.2, -0.15) is 0 Å². The maximum absolute atomic E-state index is 12.4. The number of hydrogen-bond donors (Lipinski definition) is 1. The minimum atomic E-state index is -0.841. The Bertz CT molecular complexity index is 975. The largest absolute Gasteiger partial charge is 0.454 e. The number of fused-ring (bicyclic) bond motifs is 1. The fourth-order valence-corrected chi connectivity index (χ4v) is 3.37. The van der Waals surface area contributed by atoms with Crippen molar-refractivity contribution in [3.05, 3.63) is 70.2 Å². The first-order valence-electron chi connectivity index (χ1n) is 8.99. The second kappa shape index (κ2) is 8.87. The van der Waals surface area contributed by atoms with Gasteiger partial charge < -0.3 is 10.1 Å². The van der Waals surface area contributed by atoms with E-state index >= 15 is 0 Å². The summed E-state index contributed by atoms with van der Waals surface area (Å²) in [6.45, 7) is 0.684. The maximum Gasteiger partial charge on any atom is 0.326 e. The van der Waals surface area contributed by atoms with Crippen LogP contribution in [0, 0.1) is 0 Å². The number of halogens is 1. The second-order valence-corrected chi connectivity index (χ2v) is 7.00. The van der Waals surface area contributed by atoms with Gasteiger partial charge in [-0.3, -0.25) is 24.1 Å². The third-order valence-electron chi connectivity index (χ3n) is 4.54. The molecule has 1 aliphatic rings. The van der Waals surface area contributed by atoms with Gasteiger partial charge in [0.2, 0.25) is 5.91 Å². The van der Waals surface area contributed by atoms with Gasteiger partial charge in [-0.15, -0.1) is 0 Å². The van der Waals surface area contributed by atoms with Crippen molar-refractivity contribution in [1.29, 1.82) is 0 Å². The molecule has 0 unspecified atom stereocenters. The van der Waals surface area contributed by atoms with Crippen LogP contribution in [0.1, 0.15) is 34.5 Å². The first kappa shape index (κ1) is 20.5. The SMILES string of the molecule is C[C@@H](NC(=O)COC(=O)CN1C(=O)Cc2ccccc2C1=O)c1ccccc1Cl. The third-order valence-corrected chi connectivity index (χ3v) is 4.88. The molecule has 29 heavy (non-hydrogen) atoms. The summed E-state index contributed by atoms with van der Waals surface area (Å²) in [4.78, 5) is 49.6. The quantitative estimate of drug-likeness (QED) is 0.578. The van der Waals surface area contributed by atoms with Gasteiger partial charge in [0, 0.05) is 10.6 Å². The first-order valence-corrected chi connectivity index (χ1v) is 9.36. The van der Waals surface area contributed by atoms with Gasteiger partial charge in [0.05, 0.1) is 12.5 Å². The van der Waals surface area contributed by atoms with Crippen molar-refractivity contribution in [3.8, 4) is 0 Å². The Morgan fingerprint density at radius 2 is 1.83 bits per heavy atom. The van der Waals surface area contributed by atoms with E-state index in [-0.39, 0.29) is 12.5 Å². The molecule has 0 fully saturated rings. The number of nitrogens with one attached hydrogen (secondary N) is 1. The highest BCUT2D eigenvalue weighted by Crippen LogP contribution is 2.22. The average molecular weight is 415 g/mol. The van der Waals surface area contributed by atoms with E-state index in [4.69, 9.17) is 16.3 Å². The molecular weight excluding hydrogens is 396 g/mol. The van der Waals surface area contributed by atoms with Gasteiger partial charge in [-0.1, -0.05) is 48.0 Å². The molecule has 2 aromatic carbocycles. The Morgan fingerprint density at radius 3 is 2.59 bits per heavy atom. The number of nitrogens with zero attached hydrogens (tertiary/aromatic N) is 1. The molecule has 150 valence electrons. The molecule has 3 amide bonds. The lowest BCUT2D eigenvalue weighted by Crippen LogP contribution is -2.45. The molecule has 0 aliphatic carbocycles. The Balaban J connectivity index is 1.52. The minimum Gasteiger partial charge on any atom is -0.454 e. The molecule has 3 rings (SSSR count). The zero-order valence-electron chi connectivity index (χ0n) is 15.7. The fraction of sp³-hybridized carbons (Fsp3) is 0.238. The number of benzene rings is 2. The Hall–Kier alpha value is -3.19. The lowest BCUT2D eigenvalue weighted by Gasteiger charge is -2.25. The molecule has 1 atom stereocenters. The van der Waals surface area contributed by atoms with Crippen molar-refractivity contribution < 1.29 is 23.9 Å². The van der Waals surface area contributed by atoms with Crippen molar-refractivity contribution in [2.75, 3.05) is 13.2 Å². The molecule has 0 aromatic heterocycles. The van der Waals surface area contributed by atoms with Crippen LogP contribution in [0.25, 0.3) is 0 Å². The number of hydrogen-bond acceptors (Lipinski definition) is 5. The summed E-state index contributed by atoms with van der Waals surface area (Å²) in [5.74, 6) is -2.40. The van der Waals surface area contributed by atoms with Gasteiger partial charge in [-0.25, -0.2) is 0 Å². The summed E-state index contributed by atoms with van der Waals surface area (Å²) in [5.41, 5.74) is 1.74. The third kappa shape index (κ3) is 4.81. The smallest absolute Gasteiger partial charge is 0.326 e. The van der Waals surface area contributed by atoms with Crippen molar-refractivity contribution in [2.24, 2.45) is 0 Å². The van der Waals surface area contributed by atoms with E-state index in [1.165, 1.54) is 0 Å². The molecule has 2 aromatic rings. The van der Waals surface area contributed by atoms with Crippen LogP contribution in [0.5, 0.6) is 0 Å². The van der Waals surface area contributed by atoms with E-state index in [2.05, 4.69) is 5.32 Å². The molecule has 7 nitrogen and oxygen atoms in total. The molecule has 1 heterocycles. The number of imide groups is 1. The van der Waals surface area contributed by atoms with E-state index in [0.717, 1.165) is 10.5 Å². The minimum absolute atomic E-state index is 0.0328. The zero-order chi connectivity index (χ0) is 21.0. The standard InChI is InChI=1S/C21H19ClN2O5/c1-13(15-7-4-5-9-17(15)22)23-18(25)12-29-20(27)11-24-19(26)10-14-6-2-3-8-16(14)21(24)28/h2-9,13H,10-12H2,1H3,(H,23,25)/t13-/m1/s1. The number of rotatable bonds is 6. The van der Waals surface area contributed by atoms with Crippen LogP contribution in [0.15, 0.2) is 48.5 Å². The normalized spacial score (nSPS) is 14.2. The highest BCUT2D eigenvalue weighted by Gasteiger charge is 2.32. The van der Waals surface area contributed by atoms with Crippen molar-refractivity contribution in [2.45, 2.75) is 19.4 Å². The maximum atomic E-state index is 12.4. The molecule has 0 saturated heterocycles. The van der Waals surface area contributed by atoms with E-state index in [1.807, 2.05) is 0 Å². The number of ether oxygens (including phenoxy) is 1. The Morgan fingerprint density at radius 1 is 1.14 bits per heavy atom. The van der Waals surface area contributed by atoms with Crippen LogP contribution < -0.4 is 5.32 Å². The molecule has 0 spiro atoms.